The van der Waals surface area contributed by atoms with Crippen LogP contribution in [0.1, 0.15) is 15.9 Å². The predicted octanol–water partition coefficient (Wildman–Crippen LogP) is 4.15. The molecule has 4 rings (SSSR count). The number of benzene rings is 3. The molecule has 1 fully saturated rings. The molecule has 1 saturated heterocycles. The van der Waals surface area contributed by atoms with Crippen molar-refractivity contribution in [3.63, 3.8) is 0 Å². The highest BCUT2D eigenvalue weighted by molar-refractivity contribution is 7.90. The molecule has 1 heterocycles. The third-order valence-corrected chi connectivity index (χ3v) is 7.84. The lowest BCUT2D eigenvalue weighted by Gasteiger charge is -2.34. The highest BCUT2D eigenvalue weighted by Crippen LogP contribution is 2.23. The molecule has 178 valence electrons. The molecule has 3 aromatic carbocycles. The summed E-state index contributed by atoms with van der Waals surface area (Å²) in [6.45, 7) is 4.10. The van der Waals surface area contributed by atoms with Crippen LogP contribution in [0.5, 0.6) is 5.75 Å². The molecule has 0 unspecified atom stereocenters. The van der Waals surface area contributed by atoms with E-state index in [9.17, 15) is 13.2 Å². The van der Waals surface area contributed by atoms with Gasteiger partial charge >= 0.3 is 0 Å². The van der Waals surface area contributed by atoms with E-state index in [4.69, 9.17) is 16.3 Å². The van der Waals surface area contributed by atoms with Gasteiger partial charge in [0.1, 0.15) is 12.4 Å². The standard InChI is InChI=1S/C26H27ClN2O4S/c27-24-8-4-5-9-25(24)33-19-18-28-14-16-29(17-15-28)26(30)22-12-10-21(11-13-22)20-34(31,32)23-6-2-1-3-7-23/h1-13H,14-20H2. The van der Waals surface area contributed by atoms with E-state index in [1.54, 1.807) is 60.7 Å². The van der Waals surface area contributed by atoms with Crippen LogP contribution in [-0.2, 0) is 15.6 Å². The fourth-order valence-corrected chi connectivity index (χ4v) is 5.44. The van der Waals surface area contributed by atoms with Gasteiger partial charge in [0.25, 0.3) is 5.91 Å². The molecular weight excluding hydrogens is 472 g/mol. The first-order valence-corrected chi connectivity index (χ1v) is 13.2. The Labute approximate surface area is 205 Å². The Morgan fingerprint density at radius 1 is 0.853 bits per heavy atom. The number of hydrogen-bond donors (Lipinski definition) is 0. The van der Waals surface area contributed by atoms with E-state index >= 15 is 0 Å². The van der Waals surface area contributed by atoms with Gasteiger partial charge in [0.2, 0.25) is 0 Å². The van der Waals surface area contributed by atoms with Crippen LogP contribution in [0.3, 0.4) is 0 Å². The minimum Gasteiger partial charge on any atom is -0.491 e. The molecule has 0 N–H and O–H groups in total. The molecular formula is C26H27ClN2O4S. The second-order valence-corrected chi connectivity index (χ2v) is 10.6. The number of carbonyl (C=O) groups excluding carboxylic acids is 1. The minimum absolute atomic E-state index is 0.0376. The van der Waals surface area contributed by atoms with Crippen molar-refractivity contribution in [1.29, 1.82) is 0 Å². The zero-order valence-corrected chi connectivity index (χ0v) is 20.3. The van der Waals surface area contributed by atoms with Crippen molar-refractivity contribution in [2.24, 2.45) is 0 Å². The van der Waals surface area contributed by atoms with Gasteiger partial charge in [-0.25, -0.2) is 8.42 Å². The van der Waals surface area contributed by atoms with E-state index in [0.29, 0.717) is 46.5 Å². The average Bonchev–Trinajstić information content (AvgIpc) is 2.86. The molecule has 0 bridgehead atoms. The first-order valence-electron chi connectivity index (χ1n) is 11.2. The van der Waals surface area contributed by atoms with Crippen molar-refractivity contribution < 1.29 is 17.9 Å². The van der Waals surface area contributed by atoms with Gasteiger partial charge in [-0.05, 0) is 42.0 Å². The Morgan fingerprint density at radius 3 is 2.18 bits per heavy atom. The fraction of sp³-hybridized carbons (Fsp3) is 0.269. The van der Waals surface area contributed by atoms with Gasteiger partial charge in [0, 0.05) is 38.3 Å². The lowest BCUT2D eigenvalue weighted by atomic mass is 10.1. The average molecular weight is 499 g/mol. The molecule has 0 spiro atoms. The van der Waals surface area contributed by atoms with E-state index in [0.717, 1.165) is 19.6 Å². The van der Waals surface area contributed by atoms with Crippen molar-refractivity contribution in [3.8, 4) is 5.75 Å². The van der Waals surface area contributed by atoms with Gasteiger partial charge in [-0.2, -0.15) is 0 Å². The first kappa shape index (κ1) is 24.3. The normalized spacial score (nSPS) is 14.7. The van der Waals surface area contributed by atoms with Crippen molar-refractivity contribution in [1.82, 2.24) is 9.80 Å². The topological polar surface area (TPSA) is 66.9 Å². The van der Waals surface area contributed by atoms with E-state index in [1.165, 1.54) is 0 Å². The molecule has 1 aliphatic heterocycles. The Balaban J connectivity index is 1.26. The summed E-state index contributed by atoms with van der Waals surface area (Å²) in [7, 11) is -3.42. The number of carbonyl (C=O) groups is 1. The molecule has 0 aliphatic carbocycles. The number of nitrogens with zero attached hydrogens (tertiary/aromatic N) is 2. The van der Waals surface area contributed by atoms with Crippen molar-refractivity contribution in [2.45, 2.75) is 10.6 Å². The van der Waals surface area contributed by atoms with Crippen LogP contribution in [0.2, 0.25) is 5.02 Å². The summed E-state index contributed by atoms with van der Waals surface area (Å²) in [6, 6.07) is 22.7. The molecule has 1 aliphatic rings. The van der Waals surface area contributed by atoms with Crippen molar-refractivity contribution in [2.75, 3.05) is 39.3 Å². The molecule has 1 amide bonds. The van der Waals surface area contributed by atoms with Crippen LogP contribution < -0.4 is 4.74 Å². The van der Waals surface area contributed by atoms with Crippen molar-refractivity contribution in [3.05, 3.63) is 95.0 Å². The Kier molecular flexibility index (Phi) is 7.88. The summed E-state index contributed by atoms with van der Waals surface area (Å²) in [5.74, 6) is 0.544. The number of hydrogen-bond acceptors (Lipinski definition) is 5. The number of halogens is 1. The molecule has 0 radical (unpaired) electrons. The second-order valence-electron chi connectivity index (χ2n) is 8.18. The quantitative estimate of drug-likeness (QED) is 0.466. The summed E-state index contributed by atoms with van der Waals surface area (Å²) in [6.07, 6.45) is 0. The molecule has 34 heavy (non-hydrogen) atoms. The summed E-state index contributed by atoms with van der Waals surface area (Å²) in [5.41, 5.74) is 1.22. The lowest BCUT2D eigenvalue weighted by molar-refractivity contribution is 0.0620. The van der Waals surface area contributed by atoms with Crippen LogP contribution in [0.15, 0.2) is 83.8 Å². The number of piperazine rings is 1. The van der Waals surface area contributed by atoms with Gasteiger partial charge in [0.05, 0.1) is 15.7 Å². The SMILES string of the molecule is O=C(c1ccc(CS(=O)(=O)c2ccccc2)cc1)N1CCN(CCOc2ccccc2Cl)CC1. The molecule has 3 aromatic rings. The Morgan fingerprint density at radius 2 is 1.50 bits per heavy atom. The Bertz CT molecular complexity index is 1210. The summed E-state index contributed by atoms with van der Waals surface area (Å²) >= 11 is 6.11. The summed E-state index contributed by atoms with van der Waals surface area (Å²) in [4.78, 5) is 17.3. The third kappa shape index (κ3) is 6.17. The maximum Gasteiger partial charge on any atom is 0.253 e. The zero-order chi connectivity index (χ0) is 24.0. The maximum atomic E-state index is 12.9. The van der Waals surface area contributed by atoms with Crippen LogP contribution in [0, 0.1) is 0 Å². The lowest BCUT2D eigenvalue weighted by Crippen LogP contribution is -2.49. The largest absolute Gasteiger partial charge is 0.491 e. The Hall–Kier alpha value is -2.87. The number of sulfone groups is 1. The van der Waals surface area contributed by atoms with Gasteiger partial charge in [0.15, 0.2) is 9.84 Å². The van der Waals surface area contributed by atoms with Gasteiger partial charge in [-0.1, -0.05) is 54.1 Å². The maximum absolute atomic E-state index is 12.9. The second kappa shape index (κ2) is 11.0. The van der Waals surface area contributed by atoms with Crippen LogP contribution >= 0.6 is 11.6 Å². The van der Waals surface area contributed by atoms with Crippen LogP contribution in [-0.4, -0.2) is 63.5 Å². The molecule has 0 saturated carbocycles. The number of ether oxygens (including phenoxy) is 1. The molecule has 0 aromatic heterocycles. The fourth-order valence-electron chi connectivity index (χ4n) is 3.88. The zero-order valence-electron chi connectivity index (χ0n) is 18.8. The molecule has 0 atom stereocenters. The highest BCUT2D eigenvalue weighted by atomic mass is 35.5. The minimum atomic E-state index is -3.42. The van der Waals surface area contributed by atoms with E-state index in [-0.39, 0.29) is 11.7 Å². The third-order valence-electron chi connectivity index (χ3n) is 5.82. The van der Waals surface area contributed by atoms with Crippen LogP contribution in [0.4, 0.5) is 0 Å². The first-order chi connectivity index (χ1) is 16.4. The predicted molar refractivity (Wildman–Crippen MR) is 133 cm³/mol. The summed E-state index contributed by atoms with van der Waals surface area (Å²) in [5, 5.41) is 0.599. The van der Waals surface area contributed by atoms with Gasteiger partial charge in [-0.15, -0.1) is 0 Å². The van der Waals surface area contributed by atoms with E-state index < -0.39 is 9.84 Å². The molecule has 6 nitrogen and oxygen atoms in total. The van der Waals surface area contributed by atoms with Crippen LogP contribution in [0.25, 0.3) is 0 Å². The summed E-state index contributed by atoms with van der Waals surface area (Å²) < 4.78 is 30.9. The monoisotopic (exact) mass is 498 g/mol. The molecule has 8 heteroatoms. The van der Waals surface area contributed by atoms with E-state index in [2.05, 4.69) is 4.90 Å². The van der Waals surface area contributed by atoms with Crippen molar-refractivity contribution >= 4 is 27.3 Å². The number of amides is 1. The van der Waals surface area contributed by atoms with Gasteiger partial charge in [-0.3, -0.25) is 9.69 Å². The van der Waals surface area contributed by atoms with E-state index in [1.807, 2.05) is 23.1 Å². The number of para-hydroxylation sites is 1. The smallest absolute Gasteiger partial charge is 0.253 e. The number of rotatable bonds is 8. The highest BCUT2D eigenvalue weighted by Gasteiger charge is 2.22. The van der Waals surface area contributed by atoms with Gasteiger partial charge < -0.3 is 9.64 Å².